The van der Waals surface area contributed by atoms with E-state index in [2.05, 4.69) is 5.32 Å². The van der Waals surface area contributed by atoms with Gasteiger partial charge in [-0.3, -0.25) is 9.59 Å². The molecule has 2 aromatic rings. The molecular weight excluding hydrogens is 387 g/mol. The van der Waals surface area contributed by atoms with Crippen LogP contribution in [0, 0.1) is 5.82 Å². The molecule has 0 saturated heterocycles. The highest BCUT2D eigenvalue weighted by molar-refractivity contribution is 6.53. The maximum absolute atomic E-state index is 13.0. The molecule has 0 unspecified atom stereocenters. The lowest BCUT2D eigenvalue weighted by Crippen LogP contribution is -2.32. The Balaban J connectivity index is 1.85. The van der Waals surface area contributed by atoms with Crippen molar-refractivity contribution in [2.24, 2.45) is 0 Å². The molecule has 1 heterocycles. The molecule has 0 aromatic heterocycles. The topological polar surface area (TPSA) is 75.7 Å². The summed E-state index contributed by atoms with van der Waals surface area (Å²) in [6.45, 7) is 2.14. The molecule has 1 N–H and O–H groups in total. The number of hydrogen-bond donors (Lipinski definition) is 1. The zero-order chi connectivity index (χ0) is 20.3. The van der Waals surface area contributed by atoms with Crippen molar-refractivity contribution in [1.29, 1.82) is 0 Å². The number of imide groups is 1. The van der Waals surface area contributed by atoms with Crippen molar-refractivity contribution in [3.05, 3.63) is 70.6 Å². The standard InChI is InChI=1S/C20H16ClFN2O4/c1-2-10-28-20(27)12-4-3-5-15(11-12)24-18(25)16(21)17(19(24)26)23-14-8-6-13(22)7-9-14/h3-9,11,23H,2,10H2,1H3. The van der Waals surface area contributed by atoms with Gasteiger partial charge in [-0.2, -0.15) is 0 Å². The quantitative estimate of drug-likeness (QED) is 0.587. The number of hydrogen-bond acceptors (Lipinski definition) is 5. The average Bonchev–Trinajstić information content (AvgIpc) is 2.91. The van der Waals surface area contributed by atoms with E-state index in [4.69, 9.17) is 16.3 Å². The van der Waals surface area contributed by atoms with Crippen LogP contribution in [0.3, 0.4) is 0 Å². The first-order valence-electron chi connectivity index (χ1n) is 8.50. The summed E-state index contributed by atoms with van der Waals surface area (Å²) < 4.78 is 18.1. The number of anilines is 2. The van der Waals surface area contributed by atoms with Crippen molar-refractivity contribution < 1.29 is 23.5 Å². The molecule has 144 valence electrons. The summed E-state index contributed by atoms with van der Waals surface area (Å²) in [5.74, 6) is -2.40. The van der Waals surface area contributed by atoms with E-state index in [9.17, 15) is 18.8 Å². The number of nitrogens with one attached hydrogen (secondary N) is 1. The second kappa shape index (κ2) is 8.22. The van der Waals surface area contributed by atoms with E-state index in [-0.39, 0.29) is 28.6 Å². The minimum Gasteiger partial charge on any atom is -0.462 e. The van der Waals surface area contributed by atoms with Gasteiger partial charge < -0.3 is 10.1 Å². The van der Waals surface area contributed by atoms with Gasteiger partial charge in [0.05, 0.1) is 17.9 Å². The molecule has 3 rings (SSSR count). The van der Waals surface area contributed by atoms with E-state index in [1.807, 2.05) is 6.92 Å². The van der Waals surface area contributed by atoms with Crippen LogP contribution in [0.5, 0.6) is 0 Å². The first kappa shape index (κ1) is 19.6. The Morgan fingerprint density at radius 1 is 1.14 bits per heavy atom. The summed E-state index contributed by atoms with van der Waals surface area (Å²) in [7, 11) is 0. The van der Waals surface area contributed by atoms with Gasteiger partial charge in [-0.25, -0.2) is 14.1 Å². The van der Waals surface area contributed by atoms with Crippen LogP contribution in [0.15, 0.2) is 59.3 Å². The highest BCUT2D eigenvalue weighted by Gasteiger charge is 2.39. The largest absolute Gasteiger partial charge is 0.462 e. The lowest BCUT2D eigenvalue weighted by Gasteiger charge is -2.16. The van der Waals surface area contributed by atoms with Crippen LogP contribution >= 0.6 is 11.6 Å². The molecule has 0 saturated carbocycles. The van der Waals surface area contributed by atoms with E-state index in [1.54, 1.807) is 0 Å². The fourth-order valence-electron chi connectivity index (χ4n) is 2.57. The predicted molar refractivity (Wildman–Crippen MR) is 102 cm³/mol. The number of rotatable bonds is 6. The first-order chi connectivity index (χ1) is 13.4. The van der Waals surface area contributed by atoms with Crippen molar-refractivity contribution in [1.82, 2.24) is 0 Å². The smallest absolute Gasteiger partial charge is 0.338 e. The fraction of sp³-hybridized carbons (Fsp3) is 0.150. The van der Waals surface area contributed by atoms with Crippen LogP contribution < -0.4 is 10.2 Å². The lowest BCUT2D eigenvalue weighted by atomic mass is 10.2. The number of halogens is 2. The summed E-state index contributed by atoms with van der Waals surface area (Å²) in [5, 5.41) is 2.44. The molecule has 0 bridgehead atoms. The lowest BCUT2D eigenvalue weighted by molar-refractivity contribution is -0.120. The van der Waals surface area contributed by atoms with Gasteiger partial charge in [0.1, 0.15) is 16.5 Å². The first-order valence-corrected chi connectivity index (χ1v) is 8.88. The third kappa shape index (κ3) is 3.89. The number of carbonyl (C=O) groups is 3. The average molecular weight is 403 g/mol. The van der Waals surface area contributed by atoms with Crippen LogP contribution in [-0.4, -0.2) is 24.4 Å². The molecule has 0 atom stereocenters. The molecular formula is C20H16ClFN2O4. The minimum atomic E-state index is -0.727. The molecule has 0 radical (unpaired) electrons. The zero-order valence-corrected chi connectivity index (χ0v) is 15.6. The van der Waals surface area contributed by atoms with Gasteiger partial charge in [0, 0.05) is 5.69 Å². The van der Waals surface area contributed by atoms with E-state index in [0.29, 0.717) is 12.1 Å². The fourth-order valence-corrected chi connectivity index (χ4v) is 2.79. The van der Waals surface area contributed by atoms with Crippen molar-refractivity contribution in [3.8, 4) is 0 Å². The zero-order valence-electron chi connectivity index (χ0n) is 14.9. The number of esters is 1. The van der Waals surface area contributed by atoms with Crippen LogP contribution in [-0.2, 0) is 14.3 Å². The number of ether oxygens (including phenoxy) is 1. The van der Waals surface area contributed by atoms with E-state index in [0.717, 1.165) is 4.90 Å². The Kier molecular flexibility index (Phi) is 5.75. The summed E-state index contributed by atoms with van der Waals surface area (Å²) in [6, 6.07) is 11.2. The summed E-state index contributed by atoms with van der Waals surface area (Å²) in [6.07, 6.45) is 0.673. The Labute approximate surface area is 165 Å². The number of carbonyl (C=O) groups excluding carboxylic acids is 3. The molecule has 2 aromatic carbocycles. The van der Waals surface area contributed by atoms with Crippen molar-refractivity contribution in [2.75, 3.05) is 16.8 Å². The molecule has 6 nitrogen and oxygen atoms in total. The highest BCUT2D eigenvalue weighted by atomic mass is 35.5. The minimum absolute atomic E-state index is 0.128. The summed E-state index contributed by atoms with van der Waals surface area (Å²) in [5.41, 5.74) is 0.671. The predicted octanol–water partition coefficient (Wildman–Crippen LogP) is 3.83. The van der Waals surface area contributed by atoms with Crippen LogP contribution in [0.4, 0.5) is 15.8 Å². The molecule has 1 aliphatic heterocycles. The van der Waals surface area contributed by atoms with E-state index < -0.39 is 23.6 Å². The maximum Gasteiger partial charge on any atom is 0.338 e. The highest BCUT2D eigenvalue weighted by Crippen LogP contribution is 2.30. The number of amides is 2. The van der Waals surface area contributed by atoms with E-state index >= 15 is 0 Å². The third-order valence-corrected chi connectivity index (χ3v) is 4.27. The van der Waals surface area contributed by atoms with Crippen LogP contribution in [0.1, 0.15) is 23.7 Å². The SMILES string of the molecule is CCCOC(=O)c1cccc(N2C(=O)C(Cl)=C(Nc3ccc(F)cc3)C2=O)c1. The van der Waals surface area contributed by atoms with Gasteiger partial charge in [0.25, 0.3) is 11.8 Å². The Hall–Kier alpha value is -3.19. The van der Waals surface area contributed by atoms with E-state index in [1.165, 1.54) is 48.5 Å². The molecule has 28 heavy (non-hydrogen) atoms. The molecule has 1 aliphatic rings. The van der Waals surface area contributed by atoms with Crippen LogP contribution in [0.25, 0.3) is 0 Å². The molecule has 0 aliphatic carbocycles. The van der Waals surface area contributed by atoms with Gasteiger partial charge in [-0.15, -0.1) is 0 Å². The number of nitrogens with zero attached hydrogens (tertiary/aromatic N) is 1. The Morgan fingerprint density at radius 3 is 2.54 bits per heavy atom. The Morgan fingerprint density at radius 2 is 1.86 bits per heavy atom. The van der Waals surface area contributed by atoms with Gasteiger partial charge in [-0.05, 0) is 48.9 Å². The van der Waals surface area contributed by atoms with Crippen molar-refractivity contribution in [2.45, 2.75) is 13.3 Å². The second-order valence-electron chi connectivity index (χ2n) is 5.95. The maximum atomic E-state index is 13.0. The van der Waals surface area contributed by atoms with Crippen molar-refractivity contribution >= 4 is 40.8 Å². The van der Waals surface area contributed by atoms with Crippen LogP contribution in [0.2, 0.25) is 0 Å². The van der Waals surface area contributed by atoms with Crippen molar-refractivity contribution in [3.63, 3.8) is 0 Å². The normalized spacial score (nSPS) is 13.9. The summed E-state index contributed by atoms with van der Waals surface area (Å²) in [4.78, 5) is 38.2. The molecule has 0 fully saturated rings. The molecule has 2 amide bonds. The van der Waals surface area contributed by atoms with Gasteiger partial charge in [0.15, 0.2) is 0 Å². The molecule has 0 spiro atoms. The van der Waals surface area contributed by atoms with Gasteiger partial charge in [0.2, 0.25) is 0 Å². The monoisotopic (exact) mass is 402 g/mol. The summed E-state index contributed by atoms with van der Waals surface area (Å²) >= 11 is 6.06. The number of benzene rings is 2. The van der Waals surface area contributed by atoms with Gasteiger partial charge in [-0.1, -0.05) is 24.6 Å². The molecule has 8 heteroatoms. The second-order valence-corrected chi connectivity index (χ2v) is 6.33. The Bertz CT molecular complexity index is 972. The van der Waals surface area contributed by atoms with Gasteiger partial charge >= 0.3 is 5.97 Å². The third-order valence-electron chi connectivity index (χ3n) is 3.92.